The van der Waals surface area contributed by atoms with Gasteiger partial charge in [0.25, 0.3) is 0 Å². The third-order valence-corrected chi connectivity index (χ3v) is 7.21. The van der Waals surface area contributed by atoms with Crippen molar-refractivity contribution >= 4 is 24.9 Å². The Morgan fingerprint density at radius 2 is 2.13 bits per heavy atom. The molecular formula is C21H32N6O3Si. The molecule has 0 radical (unpaired) electrons. The standard InChI is InChI=1S/C21H32N6O3Si/c1-16-14-29-8-7-26(16)20-11-17(13-28)18-12-22-27(21(18)23-20)19-5-6-25(24-19)15-30-9-10-31(2,3)4/h5-6,11-12,16,28H,7-10,13-15H2,1-4H3/t16-/m1/s1. The summed E-state index contributed by atoms with van der Waals surface area (Å²) in [5.41, 5.74) is 1.49. The SMILES string of the molecule is C[C@@H]1COCCN1c1cc(CO)c2cnn(-c3ccn(COCC[Si](C)(C)C)n3)c2n1. The van der Waals surface area contributed by atoms with E-state index in [1.807, 2.05) is 18.3 Å². The Morgan fingerprint density at radius 3 is 2.87 bits per heavy atom. The summed E-state index contributed by atoms with van der Waals surface area (Å²) in [6.45, 7) is 12.3. The van der Waals surface area contributed by atoms with Crippen LogP contribution in [0.25, 0.3) is 16.9 Å². The summed E-state index contributed by atoms with van der Waals surface area (Å²) in [7, 11) is -1.11. The van der Waals surface area contributed by atoms with Crippen molar-refractivity contribution in [3.8, 4) is 5.82 Å². The highest BCUT2D eigenvalue weighted by Crippen LogP contribution is 2.26. The molecule has 4 rings (SSSR count). The van der Waals surface area contributed by atoms with Crippen LogP contribution in [0, 0.1) is 0 Å². The molecule has 10 heteroatoms. The molecule has 1 aliphatic heterocycles. The van der Waals surface area contributed by atoms with Crippen LogP contribution in [0.4, 0.5) is 5.82 Å². The summed E-state index contributed by atoms with van der Waals surface area (Å²) < 4.78 is 14.9. The quantitative estimate of drug-likeness (QED) is 0.422. The molecule has 1 aliphatic rings. The van der Waals surface area contributed by atoms with Gasteiger partial charge in [-0.05, 0) is 24.6 Å². The summed E-state index contributed by atoms with van der Waals surface area (Å²) in [6.07, 6.45) is 3.63. The highest BCUT2D eigenvalue weighted by Gasteiger charge is 2.23. The van der Waals surface area contributed by atoms with Gasteiger partial charge in [0.2, 0.25) is 0 Å². The Hall–Kier alpha value is -2.27. The van der Waals surface area contributed by atoms with Gasteiger partial charge in [-0.3, -0.25) is 0 Å². The number of rotatable bonds is 8. The maximum atomic E-state index is 9.94. The minimum Gasteiger partial charge on any atom is -0.392 e. The lowest BCUT2D eigenvalue weighted by molar-refractivity contribution is 0.0785. The van der Waals surface area contributed by atoms with Crippen LogP contribution in [-0.2, 0) is 22.8 Å². The third kappa shape index (κ3) is 4.98. The van der Waals surface area contributed by atoms with Gasteiger partial charge < -0.3 is 19.5 Å². The van der Waals surface area contributed by atoms with Gasteiger partial charge in [0.05, 0.1) is 32.1 Å². The molecule has 1 atom stereocenters. The Morgan fingerprint density at radius 1 is 1.29 bits per heavy atom. The molecule has 0 unspecified atom stereocenters. The molecule has 31 heavy (non-hydrogen) atoms. The molecule has 0 spiro atoms. The number of hydrogen-bond donors (Lipinski definition) is 1. The molecule has 0 amide bonds. The molecule has 1 saturated heterocycles. The molecule has 0 aliphatic carbocycles. The average Bonchev–Trinajstić information content (AvgIpc) is 3.37. The fourth-order valence-corrected chi connectivity index (χ4v) is 4.39. The molecule has 168 valence electrons. The maximum absolute atomic E-state index is 9.94. The number of pyridine rings is 1. The molecule has 0 aromatic carbocycles. The van der Waals surface area contributed by atoms with Crippen molar-refractivity contribution in [1.29, 1.82) is 0 Å². The number of ether oxygens (including phenoxy) is 2. The van der Waals surface area contributed by atoms with E-state index in [2.05, 4.69) is 41.7 Å². The molecule has 1 fully saturated rings. The van der Waals surface area contributed by atoms with Crippen LogP contribution in [0.5, 0.6) is 0 Å². The van der Waals surface area contributed by atoms with Gasteiger partial charge in [-0.1, -0.05) is 19.6 Å². The van der Waals surface area contributed by atoms with Crippen molar-refractivity contribution in [1.82, 2.24) is 24.5 Å². The lowest BCUT2D eigenvalue weighted by Gasteiger charge is -2.34. The van der Waals surface area contributed by atoms with Crippen LogP contribution in [0.1, 0.15) is 12.5 Å². The second-order valence-electron chi connectivity index (χ2n) is 9.27. The number of aromatic nitrogens is 5. The summed E-state index contributed by atoms with van der Waals surface area (Å²) in [5, 5.41) is 19.9. The van der Waals surface area contributed by atoms with E-state index in [1.165, 1.54) is 0 Å². The number of nitrogens with zero attached hydrogens (tertiary/aromatic N) is 6. The van der Waals surface area contributed by atoms with Gasteiger partial charge in [-0.25, -0.2) is 9.67 Å². The second kappa shape index (κ2) is 9.07. The predicted molar refractivity (Wildman–Crippen MR) is 122 cm³/mol. The van der Waals surface area contributed by atoms with Crippen molar-refractivity contribution < 1.29 is 14.6 Å². The first-order valence-corrected chi connectivity index (χ1v) is 14.5. The van der Waals surface area contributed by atoms with E-state index < -0.39 is 8.07 Å². The zero-order valence-electron chi connectivity index (χ0n) is 18.8. The van der Waals surface area contributed by atoms with Gasteiger partial charge in [0, 0.05) is 38.9 Å². The smallest absolute Gasteiger partial charge is 0.177 e. The highest BCUT2D eigenvalue weighted by molar-refractivity contribution is 6.76. The summed E-state index contributed by atoms with van der Waals surface area (Å²) in [4.78, 5) is 7.10. The van der Waals surface area contributed by atoms with Gasteiger partial charge >= 0.3 is 0 Å². The molecule has 3 aromatic heterocycles. The largest absolute Gasteiger partial charge is 0.392 e. The zero-order chi connectivity index (χ0) is 22.0. The average molecular weight is 445 g/mol. The Bertz CT molecular complexity index is 1030. The molecule has 3 aromatic rings. The van der Waals surface area contributed by atoms with E-state index in [0.29, 0.717) is 31.4 Å². The van der Waals surface area contributed by atoms with Crippen molar-refractivity contribution in [2.75, 3.05) is 31.3 Å². The van der Waals surface area contributed by atoms with E-state index >= 15 is 0 Å². The number of morpholine rings is 1. The van der Waals surface area contributed by atoms with Crippen LogP contribution in [0.3, 0.4) is 0 Å². The van der Waals surface area contributed by atoms with Crippen molar-refractivity contribution in [2.24, 2.45) is 0 Å². The Kier molecular flexibility index (Phi) is 6.42. The van der Waals surface area contributed by atoms with Crippen LogP contribution in [0.2, 0.25) is 25.7 Å². The molecule has 0 saturated carbocycles. The lowest BCUT2D eigenvalue weighted by atomic mass is 10.1. The van der Waals surface area contributed by atoms with Gasteiger partial charge in [0.1, 0.15) is 12.5 Å². The Labute approximate surface area is 183 Å². The molecular weight excluding hydrogens is 412 g/mol. The first kappa shape index (κ1) is 21.9. The fraction of sp³-hybridized carbons (Fsp3) is 0.571. The number of aliphatic hydroxyl groups is 1. The molecule has 1 N–H and O–H groups in total. The number of anilines is 1. The van der Waals surface area contributed by atoms with E-state index in [4.69, 9.17) is 14.5 Å². The van der Waals surface area contributed by atoms with Gasteiger partial charge in [0.15, 0.2) is 11.5 Å². The first-order valence-electron chi connectivity index (χ1n) is 10.8. The van der Waals surface area contributed by atoms with E-state index in [0.717, 1.165) is 36.0 Å². The van der Waals surface area contributed by atoms with Crippen LogP contribution >= 0.6 is 0 Å². The number of aliphatic hydroxyl groups excluding tert-OH is 1. The summed E-state index contributed by atoms with van der Waals surface area (Å²) >= 11 is 0. The summed E-state index contributed by atoms with van der Waals surface area (Å²) in [6, 6.07) is 5.19. The summed E-state index contributed by atoms with van der Waals surface area (Å²) in [5.74, 6) is 1.50. The van der Waals surface area contributed by atoms with Crippen LogP contribution in [0.15, 0.2) is 24.5 Å². The third-order valence-electron chi connectivity index (χ3n) is 5.51. The first-order chi connectivity index (χ1) is 14.9. The van der Waals surface area contributed by atoms with E-state index in [9.17, 15) is 5.11 Å². The van der Waals surface area contributed by atoms with E-state index in [-0.39, 0.29) is 12.6 Å². The number of hydrogen-bond acceptors (Lipinski definition) is 7. The lowest BCUT2D eigenvalue weighted by Crippen LogP contribution is -2.44. The monoisotopic (exact) mass is 444 g/mol. The van der Waals surface area contributed by atoms with E-state index in [1.54, 1.807) is 15.6 Å². The number of fused-ring (bicyclic) bond motifs is 1. The molecule has 0 bridgehead atoms. The minimum absolute atomic E-state index is 0.0736. The highest BCUT2D eigenvalue weighted by atomic mass is 28.3. The predicted octanol–water partition coefficient (Wildman–Crippen LogP) is 2.65. The van der Waals surface area contributed by atoms with Gasteiger partial charge in [-0.15, -0.1) is 0 Å². The van der Waals surface area contributed by atoms with Crippen molar-refractivity contribution in [2.45, 2.75) is 52.0 Å². The maximum Gasteiger partial charge on any atom is 0.177 e. The fourth-order valence-electron chi connectivity index (χ4n) is 3.64. The minimum atomic E-state index is -1.11. The van der Waals surface area contributed by atoms with Crippen LogP contribution in [-0.4, -0.2) is 70.1 Å². The Balaban J connectivity index is 1.58. The topological polar surface area (TPSA) is 90.5 Å². The van der Waals surface area contributed by atoms with Gasteiger partial charge in [-0.2, -0.15) is 14.9 Å². The normalized spacial score (nSPS) is 17.6. The van der Waals surface area contributed by atoms with Crippen LogP contribution < -0.4 is 4.90 Å². The molecule has 9 nitrogen and oxygen atoms in total. The van der Waals surface area contributed by atoms with Crippen molar-refractivity contribution in [3.05, 3.63) is 30.1 Å². The second-order valence-corrected chi connectivity index (χ2v) is 14.9. The zero-order valence-corrected chi connectivity index (χ0v) is 19.8. The molecule has 4 heterocycles. The van der Waals surface area contributed by atoms with Crippen molar-refractivity contribution in [3.63, 3.8) is 0 Å².